The van der Waals surface area contributed by atoms with Crippen LogP contribution in [0.3, 0.4) is 0 Å². The van der Waals surface area contributed by atoms with E-state index in [0.29, 0.717) is 0 Å². The second-order valence-corrected chi connectivity index (χ2v) is 3.39. The fourth-order valence-corrected chi connectivity index (χ4v) is 1.29. The first-order valence-corrected chi connectivity index (χ1v) is 5.64. The molecule has 15 heavy (non-hydrogen) atoms. The maximum absolute atomic E-state index is 8.57. The van der Waals surface area contributed by atoms with Crippen LogP contribution in [0.2, 0.25) is 0 Å². The molecule has 0 unspecified atom stereocenters. The highest BCUT2D eigenvalue weighted by molar-refractivity contribution is 9.08. The molecular formula is C12H12BrNO. The SMILES string of the molecule is BrCc1ccccc1.Oc1cccnc1. The van der Waals surface area contributed by atoms with Crippen LogP contribution in [0.15, 0.2) is 54.9 Å². The van der Waals surface area contributed by atoms with Crippen LogP contribution in [0.5, 0.6) is 5.75 Å². The Hall–Kier alpha value is -1.35. The van der Waals surface area contributed by atoms with E-state index in [-0.39, 0.29) is 5.75 Å². The zero-order valence-corrected chi connectivity index (χ0v) is 9.76. The Morgan fingerprint density at radius 2 is 1.80 bits per heavy atom. The molecule has 1 N–H and O–H groups in total. The van der Waals surface area contributed by atoms with Gasteiger partial charge < -0.3 is 5.11 Å². The molecule has 2 aromatic rings. The Bertz CT molecular complexity index is 364. The summed E-state index contributed by atoms with van der Waals surface area (Å²) in [5.41, 5.74) is 1.33. The van der Waals surface area contributed by atoms with Gasteiger partial charge in [0.2, 0.25) is 0 Å². The van der Waals surface area contributed by atoms with Gasteiger partial charge in [-0.05, 0) is 17.7 Å². The van der Waals surface area contributed by atoms with Crippen molar-refractivity contribution in [2.24, 2.45) is 0 Å². The lowest BCUT2D eigenvalue weighted by Crippen LogP contribution is -1.70. The molecule has 0 radical (unpaired) electrons. The Morgan fingerprint density at radius 1 is 1.07 bits per heavy atom. The number of benzene rings is 1. The molecule has 0 atom stereocenters. The van der Waals surface area contributed by atoms with Crippen LogP contribution >= 0.6 is 15.9 Å². The van der Waals surface area contributed by atoms with Crippen LogP contribution in [0, 0.1) is 0 Å². The first kappa shape index (κ1) is 11.7. The quantitative estimate of drug-likeness (QED) is 0.803. The molecule has 0 aliphatic heterocycles. The van der Waals surface area contributed by atoms with Gasteiger partial charge in [0.05, 0.1) is 6.20 Å². The van der Waals surface area contributed by atoms with Crippen LogP contribution in [0.4, 0.5) is 0 Å². The van der Waals surface area contributed by atoms with Gasteiger partial charge in [-0.25, -0.2) is 0 Å². The molecule has 0 spiro atoms. The normalized spacial score (nSPS) is 8.87. The molecular weight excluding hydrogens is 254 g/mol. The van der Waals surface area contributed by atoms with Crippen LogP contribution in [0.1, 0.15) is 5.56 Å². The first-order chi connectivity index (χ1) is 7.33. The van der Waals surface area contributed by atoms with E-state index in [4.69, 9.17) is 5.11 Å². The van der Waals surface area contributed by atoms with Gasteiger partial charge in [-0.15, -0.1) is 0 Å². The van der Waals surface area contributed by atoms with Crippen molar-refractivity contribution >= 4 is 15.9 Å². The summed E-state index contributed by atoms with van der Waals surface area (Å²) in [6.07, 6.45) is 3.00. The van der Waals surface area contributed by atoms with Crippen LogP contribution in [-0.2, 0) is 5.33 Å². The fourth-order valence-electron chi connectivity index (χ4n) is 0.921. The molecule has 2 rings (SSSR count). The third-order valence-electron chi connectivity index (χ3n) is 1.64. The standard InChI is InChI=1S/C7H7Br.C5H5NO/c8-6-7-4-2-1-3-5-7;7-5-2-1-3-6-4-5/h1-5H,6H2;1-4,7H. The van der Waals surface area contributed by atoms with E-state index in [1.54, 1.807) is 18.3 Å². The third kappa shape index (κ3) is 5.18. The van der Waals surface area contributed by atoms with Gasteiger partial charge in [0.25, 0.3) is 0 Å². The van der Waals surface area contributed by atoms with E-state index in [2.05, 4.69) is 33.0 Å². The summed E-state index contributed by atoms with van der Waals surface area (Å²) in [5.74, 6) is 0.211. The lowest BCUT2D eigenvalue weighted by molar-refractivity contribution is 0.472. The monoisotopic (exact) mass is 265 g/mol. The van der Waals surface area contributed by atoms with Crippen molar-refractivity contribution in [2.75, 3.05) is 0 Å². The molecule has 0 fully saturated rings. The fraction of sp³-hybridized carbons (Fsp3) is 0.0833. The molecule has 0 aliphatic carbocycles. The Kier molecular flexibility index (Phi) is 5.48. The van der Waals surface area contributed by atoms with Crippen molar-refractivity contribution in [2.45, 2.75) is 5.33 Å². The van der Waals surface area contributed by atoms with Crippen molar-refractivity contribution in [1.82, 2.24) is 4.98 Å². The number of aromatic nitrogens is 1. The minimum Gasteiger partial charge on any atom is -0.506 e. The third-order valence-corrected chi connectivity index (χ3v) is 2.29. The number of pyridine rings is 1. The number of rotatable bonds is 1. The smallest absolute Gasteiger partial charge is 0.133 e. The van der Waals surface area contributed by atoms with Crippen LogP contribution < -0.4 is 0 Å². The average Bonchev–Trinajstić information content (AvgIpc) is 2.32. The number of hydrogen-bond donors (Lipinski definition) is 1. The van der Waals surface area contributed by atoms with E-state index < -0.39 is 0 Å². The molecule has 0 saturated carbocycles. The van der Waals surface area contributed by atoms with Gasteiger partial charge in [0.1, 0.15) is 5.75 Å². The molecule has 0 amide bonds. The summed E-state index contributed by atoms with van der Waals surface area (Å²) < 4.78 is 0. The van der Waals surface area contributed by atoms with E-state index >= 15 is 0 Å². The number of halogens is 1. The minimum absolute atomic E-state index is 0.211. The zero-order chi connectivity index (χ0) is 10.9. The number of alkyl halides is 1. The van der Waals surface area contributed by atoms with Gasteiger partial charge in [-0.2, -0.15) is 0 Å². The number of nitrogens with zero attached hydrogens (tertiary/aromatic N) is 1. The molecule has 1 aromatic heterocycles. The lowest BCUT2D eigenvalue weighted by atomic mass is 10.2. The van der Waals surface area contributed by atoms with Crippen molar-refractivity contribution in [1.29, 1.82) is 0 Å². The topological polar surface area (TPSA) is 33.1 Å². The second-order valence-electron chi connectivity index (χ2n) is 2.83. The van der Waals surface area contributed by atoms with Crippen molar-refractivity contribution in [3.05, 3.63) is 60.4 Å². The summed E-state index contributed by atoms with van der Waals surface area (Å²) in [7, 11) is 0. The highest BCUT2D eigenvalue weighted by Gasteiger charge is 1.81. The van der Waals surface area contributed by atoms with Crippen molar-refractivity contribution in [3.63, 3.8) is 0 Å². The van der Waals surface area contributed by atoms with Gasteiger partial charge in [-0.1, -0.05) is 46.3 Å². The Morgan fingerprint density at radius 3 is 2.13 bits per heavy atom. The summed E-state index contributed by atoms with van der Waals surface area (Å²) in [4.78, 5) is 3.63. The molecule has 1 heterocycles. The summed E-state index contributed by atoms with van der Waals surface area (Å²) in [6, 6.07) is 13.5. The summed E-state index contributed by atoms with van der Waals surface area (Å²) in [5, 5.41) is 9.52. The highest BCUT2D eigenvalue weighted by Crippen LogP contribution is 2.02. The highest BCUT2D eigenvalue weighted by atomic mass is 79.9. The maximum atomic E-state index is 8.57. The molecule has 3 heteroatoms. The summed E-state index contributed by atoms with van der Waals surface area (Å²) >= 11 is 3.36. The summed E-state index contributed by atoms with van der Waals surface area (Å²) in [6.45, 7) is 0. The molecule has 1 aromatic carbocycles. The lowest BCUT2D eigenvalue weighted by Gasteiger charge is -1.88. The van der Waals surface area contributed by atoms with Gasteiger partial charge in [0, 0.05) is 11.5 Å². The van der Waals surface area contributed by atoms with Crippen LogP contribution in [-0.4, -0.2) is 10.1 Å². The van der Waals surface area contributed by atoms with Crippen molar-refractivity contribution < 1.29 is 5.11 Å². The minimum atomic E-state index is 0.211. The van der Waals surface area contributed by atoms with Crippen LogP contribution in [0.25, 0.3) is 0 Å². The van der Waals surface area contributed by atoms with E-state index in [1.165, 1.54) is 11.8 Å². The van der Waals surface area contributed by atoms with E-state index in [9.17, 15) is 0 Å². The number of aromatic hydroxyl groups is 1. The Balaban J connectivity index is 0.000000151. The molecule has 78 valence electrons. The first-order valence-electron chi connectivity index (χ1n) is 4.52. The molecule has 0 aliphatic rings. The van der Waals surface area contributed by atoms with E-state index in [1.807, 2.05) is 18.2 Å². The second kappa shape index (κ2) is 7.01. The molecule has 0 bridgehead atoms. The van der Waals surface area contributed by atoms with Gasteiger partial charge in [-0.3, -0.25) is 4.98 Å². The Labute approximate surface area is 97.7 Å². The van der Waals surface area contributed by atoms with Gasteiger partial charge in [0.15, 0.2) is 0 Å². The molecule has 0 saturated heterocycles. The predicted octanol–water partition coefficient (Wildman–Crippen LogP) is 3.37. The maximum Gasteiger partial charge on any atom is 0.133 e. The van der Waals surface area contributed by atoms with Crippen molar-refractivity contribution in [3.8, 4) is 5.75 Å². The largest absolute Gasteiger partial charge is 0.506 e. The predicted molar refractivity (Wildman–Crippen MR) is 65.0 cm³/mol. The zero-order valence-electron chi connectivity index (χ0n) is 8.18. The number of hydrogen-bond acceptors (Lipinski definition) is 2. The average molecular weight is 266 g/mol. The van der Waals surface area contributed by atoms with E-state index in [0.717, 1.165) is 5.33 Å². The van der Waals surface area contributed by atoms with Gasteiger partial charge >= 0.3 is 0 Å². The molecule has 2 nitrogen and oxygen atoms in total.